The molecule has 0 spiro atoms. The largest absolute Gasteiger partial charge is 0.0613 e. The molecule has 0 saturated heterocycles. The first kappa shape index (κ1) is 9.76. The van der Waals surface area contributed by atoms with Crippen LogP contribution in [0.15, 0.2) is 24.3 Å². The molecule has 0 aromatic heterocycles. The van der Waals surface area contributed by atoms with Gasteiger partial charge in [-0.25, -0.2) is 0 Å². The quantitative estimate of drug-likeness (QED) is 0.673. The molecule has 0 heterocycles. The Hall–Kier alpha value is -0.780. The van der Waals surface area contributed by atoms with Gasteiger partial charge in [0.2, 0.25) is 0 Å². The summed E-state index contributed by atoms with van der Waals surface area (Å²) < 4.78 is 0. The molecule has 14 heavy (non-hydrogen) atoms. The van der Waals surface area contributed by atoms with Gasteiger partial charge in [-0.05, 0) is 29.9 Å². The van der Waals surface area contributed by atoms with Crippen molar-refractivity contribution in [2.45, 2.75) is 45.4 Å². The molecular formula is C14H20. The van der Waals surface area contributed by atoms with Crippen LogP contribution in [-0.4, -0.2) is 0 Å². The van der Waals surface area contributed by atoms with Crippen LogP contribution in [0, 0.1) is 5.92 Å². The van der Waals surface area contributed by atoms with Crippen LogP contribution < -0.4 is 0 Å². The van der Waals surface area contributed by atoms with E-state index in [0.29, 0.717) is 0 Å². The van der Waals surface area contributed by atoms with Crippen LogP contribution in [-0.2, 0) is 12.8 Å². The van der Waals surface area contributed by atoms with Crippen LogP contribution in [0.2, 0.25) is 0 Å². The minimum Gasteiger partial charge on any atom is -0.0613 e. The van der Waals surface area contributed by atoms with Crippen molar-refractivity contribution in [2.24, 2.45) is 5.92 Å². The molecule has 1 aromatic rings. The fourth-order valence-corrected chi connectivity index (χ4v) is 2.46. The van der Waals surface area contributed by atoms with E-state index in [2.05, 4.69) is 31.2 Å². The van der Waals surface area contributed by atoms with E-state index in [0.717, 1.165) is 12.3 Å². The van der Waals surface area contributed by atoms with E-state index >= 15 is 0 Å². The van der Waals surface area contributed by atoms with Crippen molar-refractivity contribution in [3.63, 3.8) is 0 Å². The third-order valence-electron chi connectivity index (χ3n) is 3.43. The van der Waals surface area contributed by atoms with Crippen LogP contribution >= 0.6 is 0 Å². The summed E-state index contributed by atoms with van der Waals surface area (Å²) >= 11 is 0. The van der Waals surface area contributed by atoms with Gasteiger partial charge in [-0.15, -0.1) is 0 Å². The standard InChI is InChI=1S/C14H20/c1-2-12-7-9-14(10-8-12)11-13-5-3-4-6-13/h7-10,13H,2-6,11H2,1H3. The Morgan fingerprint density at radius 3 is 2.14 bits per heavy atom. The molecule has 76 valence electrons. The van der Waals surface area contributed by atoms with E-state index in [9.17, 15) is 0 Å². The highest BCUT2D eigenvalue weighted by Crippen LogP contribution is 2.27. The number of benzene rings is 1. The molecule has 0 N–H and O–H groups in total. The van der Waals surface area contributed by atoms with Gasteiger partial charge in [0.05, 0.1) is 0 Å². The number of hydrogen-bond acceptors (Lipinski definition) is 0. The summed E-state index contributed by atoms with van der Waals surface area (Å²) in [5.41, 5.74) is 2.99. The molecule has 1 aromatic carbocycles. The molecule has 0 atom stereocenters. The van der Waals surface area contributed by atoms with Crippen molar-refractivity contribution in [1.82, 2.24) is 0 Å². The van der Waals surface area contributed by atoms with Crippen molar-refractivity contribution in [3.05, 3.63) is 35.4 Å². The van der Waals surface area contributed by atoms with E-state index < -0.39 is 0 Å². The maximum Gasteiger partial charge on any atom is -0.0250 e. The minimum absolute atomic E-state index is 0.975. The summed E-state index contributed by atoms with van der Waals surface area (Å²) in [5.74, 6) is 0.975. The topological polar surface area (TPSA) is 0 Å². The molecule has 0 amide bonds. The Morgan fingerprint density at radius 2 is 1.57 bits per heavy atom. The average Bonchev–Trinajstić information content (AvgIpc) is 2.72. The summed E-state index contributed by atoms with van der Waals surface area (Å²) in [5, 5.41) is 0. The zero-order valence-electron chi connectivity index (χ0n) is 9.13. The molecule has 0 nitrogen and oxygen atoms in total. The first-order chi connectivity index (χ1) is 6.88. The lowest BCUT2D eigenvalue weighted by Crippen LogP contribution is -1.98. The molecule has 0 radical (unpaired) electrons. The number of rotatable bonds is 3. The zero-order valence-corrected chi connectivity index (χ0v) is 9.13. The summed E-state index contributed by atoms with van der Waals surface area (Å²) in [6, 6.07) is 9.20. The van der Waals surface area contributed by atoms with E-state index in [-0.39, 0.29) is 0 Å². The van der Waals surface area contributed by atoms with Gasteiger partial charge in [-0.2, -0.15) is 0 Å². The third kappa shape index (κ3) is 2.37. The van der Waals surface area contributed by atoms with E-state index in [1.165, 1.54) is 43.2 Å². The molecule has 0 unspecified atom stereocenters. The first-order valence-electron chi connectivity index (χ1n) is 5.96. The molecule has 0 bridgehead atoms. The lowest BCUT2D eigenvalue weighted by molar-refractivity contribution is 0.546. The summed E-state index contributed by atoms with van der Waals surface area (Å²) in [4.78, 5) is 0. The molecule has 1 aliphatic rings. The van der Waals surface area contributed by atoms with Gasteiger partial charge >= 0.3 is 0 Å². The highest BCUT2D eigenvalue weighted by molar-refractivity contribution is 5.22. The van der Waals surface area contributed by atoms with Crippen molar-refractivity contribution in [2.75, 3.05) is 0 Å². The van der Waals surface area contributed by atoms with Gasteiger partial charge in [0, 0.05) is 0 Å². The molecule has 1 fully saturated rings. The zero-order chi connectivity index (χ0) is 9.80. The Labute approximate surface area is 87.3 Å². The van der Waals surface area contributed by atoms with Crippen LogP contribution in [0.1, 0.15) is 43.7 Å². The highest BCUT2D eigenvalue weighted by Gasteiger charge is 2.14. The van der Waals surface area contributed by atoms with E-state index in [1.54, 1.807) is 0 Å². The van der Waals surface area contributed by atoms with Gasteiger partial charge in [0.1, 0.15) is 0 Å². The predicted molar refractivity (Wildman–Crippen MR) is 61.5 cm³/mol. The average molecular weight is 188 g/mol. The SMILES string of the molecule is CCc1ccc(CC2CCCC2)cc1. The Kier molecular flexibility index (Phi) is 3.23. The van der Waals surface area contributed by atoms with Crippen LogP contribution in [0.5, 0.6) is 0 Å². The predicted octanol–water partition coefficient (Wildman–Crippen LogP) is 3.98. The van der Waals surface area contributed by atoms with E-state index in [4.69, 9.17) is 0 Å². The molecule has 1 aliphatic carbocycles. The monoisotopic (exact) mass is 188 g/mol. The summed E-state index contributed by atoms with van der Waals surface area (Å²) in [7, 11) is 0. The normalized spacial score (nSPS) is 17.5. The number of aryl methyl sites for hydroxylation is 1. The number of hydrogen-bond donors (Lipinski definition) is 0. The maximum absolute atomic E-state index is 2.32. The molecule has 0 aliphatic heterocycles. The molecule has 1 saturated carbocycles. The second kappa shape index (κ2) is 4.63. The lowest BCUT2D eigenvalue weighted by atomic mass is 9.97. The van der Waals surface area contributed by atoms with Crippen molar-refractivity contribution >= 4 is 0 Å². The second-order valence-corrected chi connectivity index (χ2v) is 4.52. The molecular weight excluding hydrogens is 168 g/mol. The van der Waals surface area contributed by atoms with E-state index in [1.807, 2.05) is 0 Å². The summed E-state index contributed by atoms with van der Waals surface area (Å²) in [6.07, 6.45) is 8.29. The van der Waals surface area contributed by atoms with Gasteiger partial charge in [0.15, 0.2) is 0 Å². The van der Waals surface area contributed by atoms with Gasteiger partial charge in [-0.3, -0.25) is 0 Å². The minimum atomic E-state index is 0.975. The van der Waals surface area contributed by atoms with Crippen LogP contribution in [0.3, 0.4) is 0 Å². The van der Waals surface area contributed by atoms with Crippen molar-refractivity contribution in [1.29, 1.82) is 0 Å². The first-order valence-corrected chi connectivity index (χ1v) is 5.96. The highest BCUT2D eigenvalue weighted by atomic mass is 14.2. The van der Waals surface area contributed by atoms with Gasteiger partial charge in [0.25, 0.3) is 0 Å². The fraction of sp³-hybridized carbons (Fsp3) is 0.571. The summed E-state index contributed by atoms with van der Waals surface area (Å²) in [6.45, 7) is 2.21. The van der Waals surface area contributed by atoms with Crippen LogP contribution in [0.25, 0.3) is 0 Å². The maximum atomic E-state index is 2.32. The second-order valence-electron chi connectivity index (χ2n) is 4.52. The Balaban J connectivity index is 1.95. The van der Waals surface area contributed by atoms with Crippen molar-refractivity contribution in [3.8, 4) is 0 Å². The Morgan fingerprint density at radius 1 is 1.00 bits per heavy atom. The van der Waals surface area contributed by atoms with Gasteiger partial charge in [-0.1, -0.05) is 56.9 Å². The molecule has 0 heteroatoms. The van der Waals surface area contributed by atoms with Crippen molar-refractivity contribution < 1.29 is 0 Å². The molecule has 2 rings (SSSR count). The lowest BCUT2D eigenvalue weighted by Gasteiger charge is -2.08. The van der Waals surface area contributed by atoms with Crippen LogP contribution in [0.4, 0.5) is 0 Å². The third-order valence-corrected chi connectivity index (χ3v) is 3.43. The Bertz CT molecular complexity index is 265. The smallest absolute Gasteiger partial charge is 0.0250 e. The van der Waals surface area contributed by atoms with Gasteiger partial charge < -0.3 is 0 Å². The fourth-order valence-electron chi connectivity index (χ4n) is 2.46.